The molecule has 0 aromatic rings. The van der Waals surface area contributed by atoms with Crippen LogP contribution in [0.4, 0.5) is 4.79 Å². The molecule has 2 saturated heterocycles. The van der Waals surface area contributed by atoms with Gasteiger partial charge in [0.15, 0.2) is 0 Å². The summed E-state index contributed by atoms with van der Waals surface area (Å²) in [5, 5.41) is 0. The zero-order valence-electron chi connectivity index (χ0n) is 27.0. The zero-order valence-corrected chi connectivity index (χ0v) is 27.0. The molecule has 2 heterocycles. The third-order valence-electron chi connectivity index (χ3n) is 14.7. The smallest absolute Gasteiger partial charge is 0.410 e. The molecule has 222 valence electrons. The van der Waals surface area contributed by atoms with Crippen LogP contribution < -0.4 is 0 Å². The van der Waals surface area contributed by atoms with Gasteiger partial charge in [-0.05, 0) is 150 Å². The van der Waals surface area contributed by atoms with Crippen molar-refractivity contribution in [1.82, 2.24) is 4.90 Å². The topological polar surface area (TPSA) is 38.8 Å². The van der Waals surface area contributed by atoms with Crippen LogP contribution in [-0.2, 0) is 9.47 Å². The van der Waals surface area contributed by atoms with Crippen molar-refractivity contribution in [2.24, 2.45) is 50.7 Å². The largest absolute Gasteiger partial charge is 0.444 e. The molecule has 6 fully saturated rings. The van der Waals surface area contributed by atoms with E-state index >= 15 is 0 Å². The number of carbonyl (C=O) groups is 1. The van der Waals surface area contributed by atoms with Gasteiger partial charge in [-0.2, -0.15) is 0 Å². The second-order valence-corrected chi connectivity index (χ2v) is 18.2. The number of rotatable bonds is 0. The Balaban J connectivity index is 1.34. The maximum absolute atomic E-state index is 13.5. The molecule has 0 spiro atoms. The first-order valence-electron chi connectivity index (χ1n) is 16.5. The fourth-order valence-electron chi connectivity index (χ4n) is 12.6. The molecule has 0 N–H and O–H groups in total. The van der Waals surface area contributed by atoms with Crippen LogP contribution in [0.3, 0.4) is 0 Å². The summed E-state index contributed by atoms with van der Waals surface area (Å²) in [5.41, 5.74) is 1.06. The lowest BCUT2D eigenvalue weighted by molar-refractivity contribution is -0.233. The first kappa shape index (κ1) is 28.4. The minimum absolute atomic E-state index is 0.117. The number of nitrogens with zero attached hydrogens (tertiary/aromatic N) is 1. The van der Waals surface area contributed by atoms with Crippen LogP contribution in [0.15, 0.2) is 0 Å². The minimum atomic E-state index is -0.462. The summed E-state index contributed by atoms with van der Waals surface area (Å²) >= 11 is 0. The van der Waals surface area contributed by atoms with Gasteiger partial charge in [-0.1, -0.05) is 34.6 Å². The van der Waals surface area contributed by atoms with Gasteiger partial charge >= 0.3 is 6.09 Å². The third kappa shape index (κ3) is 3.73. The predicted molar refractivity (Wildman–Crippen MR) is 157 cm³/mol. The average Bonchev–Trinajstić information content (AvgIpc) is 3.09. The zero-order chi connectivity index (χ0) is 28.4. The van der Waals surface area contributed by atoms with Gasteiger partial charge in [0.05, 0.1) is 12.7 Å². The van der Waals surface area contributed by atoms with Crippen LogP contribution in [-0.4, -0.2) is 41.4 Å². The van der Waals surface area contributed by atoms with Crippen molar-refractivity contribution in [1.29, 1.82) is 0 Å². The molecular formula is C35H59NO3. The summed E-state index contributed by atoms with van der Waals surface area (Å²) in [4.78, 5) is 15.6. The Labute approximate surface area is 239 Å². The van der Waals surface area contributed by atoms with E-state index in [0.29, 0.717) is 39.6 Å². The van der Waals surface area contributed by atoms with Gasteiger partial charge in [0.1, 0.15) is 5.60 Å². The van der Waals surface area contributed by atoms with E-state index in [2.05, 4.69) is 53.4 Å². The molecule has 2 bridgehead atoms. The molecule has 1 amide bonds. The number of amides is 1. The quantitative estimate of drug-likeness (QED) is 0.307. The molecule has 6 aliphatic rings. The summed E-state index contributed by atoms with van der Waals surface area (Å²) in [6, 6.07) is 0. The molecular weight excluding hydrogens is 482 g/mol. The molecule has 4 aliphatic carbocycles. The molecule has 2 aliphatic heterocycles. The second kappa shape index (κ2) is 8.41. The summed E-state index contributed by atoms with van der Waals surface area (Å²) in [6.45, 7) is 25.6. The fourth-order valence-corrected chi connectivity index (χ4v) is 12.6. The van der Waals surface area contributed by atoms with Crippen LogP contribution >= 0.6 is 0 Å². The molecule has 0 radical (unpaired) electrons. The summed E-state index contributed by atoms with van der Waals surface area (Å²) in [5.74, 6) is 2.75. The molecule has 9 atom stereocenters. The summed E-state index contributed by atoms with van der Waals surface area (Å²) < 4.78 is 12.7. The van der Waals surface area contributed by atoms with Crippen LogP contribution in [0.2, 0.25) is 0 Å². The number of fused-ring (bicyclic) bond motifs is 5. The Hall–Kier alpha value is -0.770. The second-order valence-electron chi connectivity index (χ2n) is 18.2. The van der Waals surface area contributed by atoms with Gasteiger partial charge in [0.2, 0.25) is 0 Å². The van der Waals surface area contributed by atoms with Gasteiger partial charge in [0.25, 0.3) is 0 Å². The van der Waals surface area contributed by atoms with E-state index < -0.39 is 5.60 Å². The first-order valence-corrected chi connectivity index (χ1v) is 16.5. The Morgan fingerprint density at radius 2 is 1.51 bits per heavy atom. The Bertz CT molecular complexity index is 1010. The van der Waals surface area contributed by atoms with E-state index in [0.717, 1.165) is 31.4 Å². The van der Waals surface area contributed by atoms with Crippen molar-refractivity contribution in [3.05, 3.63) is 0 Å². The van der Waals surface area contributed by atoms with Gasteiger partial charge < -0.3 is 14.4 Å². The predicted octanol–water partition coefficient (Wildman–Crippen LogP) is 8.87. The molecule has 39 heavy (non-hydrogen) atoms. The maximum Gasteiger partial charge on any atom is 0.410 e. The van der Waals surface area contributed by atoms with Gasteiger partial charge in [-0.3, -0.25) is 0 Å². The highest BCUT2D eigenvalue weighted by atomic mass is 16.6. The van der Waals surface area contributed by atoms with Gasteiger partial charge in [-0.25, -0.2) is 4.79 Å². The molecule has 4 nitrogen and oxygen atoms in total. The highest BCUT2D eigenvalue weighted by Crippen LogP contribution is 2.77. The highest BCUT2D eigenvalue weighted by molar-refractivity contribution is 5.69. The van der Waals surface area contributed by atoms with Crippen molar-refractivity contribution < 1.29 is 14.3 Å². The van der Waals surface area contributed by atoms with Gasteiger partial charge in [-0.15, -0.1) is 0 Å². The Morgan fingerprint density at radius 3 is 2.21 bits per heavy atom. The average molecular weight is 542 g/mol. The lowest BCUT2D eigenvalue weighted by atomic mass is 9.32. The molecule has 0 aromatic heterocycles. The van der Waals surface area contributed by atoms with E-state index in [1.807, 2.05) is 20.8 Å². The lowest BCUT2D eigenvalue weighted by Crippen LogP contribution is -2.67. The van der Waals surface area contributed by atoms with E-state index in [1.54, 1.807) is 0 Å². The van der Waals surface area contributed by atoms with E-state index in [9.17, 15) is 4.79 Å². The minimum Gasteiger partial charge on any atom is -0.444 e. The monoisotopic (exact) mass is 541 g/mol. The van der Waals surface area contributed by atoms with E-state index in [4.69, 9.17) is 9.47 Å². The number of likely N-dealkylation sites (tertiary alicyclic amines) is 1. The van der Waals surface area contributed by atoms with Crippen molar-refractivity contribution in [2.75, 3.05) is 13.2 Å². The van der Waals surface area contributed by atoms with Crippen molar-refractivity contribution in [2.45, 2.75) is 151 Å². The van der Waals surface area contributed by atoms with Crippen LogP contribution in [0.5, 0.6) is 0 Å². The number of carbonyl (C=O) groups excluding carboxylic acids is 1. The fraction of sp³-hybridized carbons (Fsp3) is 0.971. The molecule has 0 unspecified atom stereocenters. The standard InChI is InChI=1S/C35H59NO3/c1-29(2,3)39-28(37)36-21-11-15-32(8)24(31(36,6)7)14-16-34(10)25(32)13-12-23-26-27-30(4,5)17-19-35(26,22-38-27)20-18-33(23,34)9/h23-27H,11-22H2,1-10H3/t23-,24+,25-,26+,27-,32+,33-,34-,35-/m1/s1. The first-order chi connectivity index (χ1) is 17.9. The van der Waals surface area contributed by atoms with Crippen LogP contribution in [0.25, 0.3) is 0 Å². The molecule has 6 rings (SSSR count). The SMILES string of the molecule is CC(C)(C)OC(=O)N1CCC[C@]2(C)[C@H]3CC[C@@H]4[C@H]5[C@H]6OC[C@@]5(CCC6(C)C)CC[C@@]4(C)[C@]3(C)CC[C@H]2C1(C)C. The third-order valence-corrected chi connectivity index (χ3v) is 14.7. The maximum atomic E-state index is 13.5. The molecule has 0 aromatic carbocycles. The number of hydrogen-bond donors (Lipinski definition) is 0. The normalized spacial score (nSPS) is 50.1. The number of hydrogen-bond acceptors (Lipinski definition) is 3. The summed E-state index contributed by atoms with van der Waals surface area (Å²) in [7, 11) is 0. The lowest BCUT2D eigenvalue weighted by Gasteiger charge is -2.72. The van der Waals surface area contributed by atoms with Crippen molar-refractivity contribution in [3.8, 4) is 0 Å². The molecule has 4 saturated carbocycles. The van der Waals surface area contributed by atoms with Gasteiger partial charge in [0, 0.05) is 12.1 Å². The van der Waals surface area contributed by atoms with Crippen molar-refractivity contribution in [3.63, 3.8) is 0 Å². The Kier molecular flexibility index (Phi) is 6.11. The van der Waals surface area contributed by atoms with Crippen LogP contribution in [0, 0.1) is 50.7 Å². The summed E-state index contributed by atoms with van der Waals surface area (Å²) in [6.07, 6.45) is 13.3. The highest BCUT2D eigenvalue weighted by Gasteiger charge is 2.72. The Morgan fingerprint density at radius 1 is 0.821 bits per heavy atom. The van der Waals surface area contributed by atoms with E-state index in [-0.39, 0.29) is 17.0 Å². The number of ether oxygens (including phenoxy) is 2. The van der Waals surface area contributed by atoms with Crippen LogP contribution in [0.1, 0.15) is 133 Å². The molecule has 4 heteroatoms. The van der Waals surface area contributed by atoms with Crippen molar-refractivity contribution >= 4 is 6.09 Å². The van der Waals surface area contributed by atoms with E-state index in [1.165, 1.54) is 57.8 Å².